The van der Waals surface area contributed by atoms with Gasteiger partial charge in [0.05, 0.1) is 6.42 Å². The third-order valence-electron chi connectivity index (χ3n) is 5.50. The fourth-order valence-corrected chi connectivity index (χ4v) is 3.98. The van der Waals surface area contributed by atoms with Crippen molar-refractivity contribution in [3.05, 3.63) is 29.8 Å². The Labute approximate surface area is 151 Å². The van der Waals surface area contributed by atoms with Gasteiger partial charge in [-0.25, -0.2) is 4.79 Å². The van der Waals surface area contributed by atoms with Crippen LogP contribution in [0.4, 0.5) is 5.69 Å². The summed E-state index contributed by atoms with van der Waals surface area (Å²) in [6.07, 6.45) is 5.59. The number of nitrogens with one attached hydrogen (secondary N) is 1. The number of aryl methyl sites for hydroxylation is 1. The van der Waals surface area contributed by atoms with Gasteiger partial charge in [-0.2, -0.15) is 0 Å². The first-order valence-electron chi connectivity index (χ1n) is 9.61. The molecule has 1 aromatic rings. The first-order valence-corrected chi connectivity index (χ1v) is 9.61. The summed E-state index contributed by atoms with van der Waals surface area (Å²) in [5.41, 5.74) is 5.45. The third kappa shape index (κ3) is 5.96. The second-order valence-corrected chi connectivity index (χ2v) is 8.01. The second-order valence-electron chi connectivity index (χ2n) is 8.01. The standard InChI is InChI=1S/C21H32N2O2/c1-14(2)18-12-7-15(3)13-19(18)21(25)23-17-10-8-16(9-11-17)5-4-6-20(22)24/h8-11,14-15,18-19H,4-7,12-13H2,1-3H3,(H2,22,24)(H,23,25)/p+1. The van der Waals surface area contributed by atoms with Gasteiger partial charge in [0.15, 0.2) is 0 Å². The summed E-state index contributed by atoms with van der Waals surface area (Å²) < 4.78 is 0. The monoisotopic (exact) mass is 345 g/mol. The zero-order chi connectivity index (χ0) is 18.4. The van der Waals surface area contributed by atoms with Gasteiger partial charge in [0.1, 0.15) is 0 Å². The van der Waals surface area contributed by atoms with Crippen LogP contribution in [0.2, 0.25) is 0 Å². The average molecular weight is 346 g/mol. The lowest BCUT2D eigenvalue weighted by Gasteiger charge is -2.36. The molecular weight excluding hydrogens is 312 g/mol. The highest BCUT2D eigenvalue weighted by atomic mass is 16.2. The molecule has 25 heavy (non-hydrogen) atoms. The maximum atomic E-state index is 12.8. The van der Waals surface area contributed by atoms with Crippen molar-refractivity contribution in [2.45, 2.75) is 59.3 Å². The smallest absolute Gasteiger partial charge is 0.308 e. The van der Waals surface area contributed by atoms with E-state index < -0.39 is 0 Å². The predicted octanol–water partition coefficient (Wildman–Crippen LogP) is 3.42. The molecule has 4 nitrogen and oxygen atoms in total. The molecule has 1 saturated carbocycles. The van der Waals surface area contributed by atoms with E-state index in [4.69, 9.17) is 0 Å². The molecule has 0 bridgehead atoms. The van der Waals surface area contributed by atoms with E-state index in [9.17, 15) is 9.59 Å². The molecule has 0 aromatic heterocycles. The second kappa shape index (κ2) is 9.14. The highest BCUT2D eigenvalue weighted by Gasteiger charge is 2.35. The molecule has 1 aliphatic carbocycles. The summed E-state index contributed by atoms with van der Waals surface area (Å²) in [7, 11) is 0. The van der Waals surface area contributed by atoms with E-state index in [1.54, 1.807) is 0 Å². The molecule has 1 aliphatic rings. The van der Waals surface area contributed by atoms with Crippen LogP contribution in [-0.2, 0) is 16.0 Å². The first-order chi connectivity index (χ1) is 11.9. The Balaban J connectivity index is 1.93. The van der Waals surface area contributed by atoms with Crippen LogP contribution in [0.15, 0.2) is 24.3 Å². The Bertz CT molecular complexity index is 580. The number of amides is 2. The molecule has 0 radical (unpaired) electrons. The molecule has 0 aliphatic heterocycles. The SMILES string of the molecule is CC1CCC(C(C)C)C(C(=O)Nc2ccc(CCCC([NH3+])=O)cc2)C1. The lowest BCUT2D eigenvalue weighted by molar-refractivity contribution is -0.305. The van der Waals surface area contributed by atoms with Crippen LogP contribution in [0.3, 0.4) is 0 Å². The molecule has 2 amide bonds. The Morgan fingerprint density at radius 3 is 2.48 bits per heavy atom. The molecule has 3 unspecified atom stereocenters. The Hall–Kier alpha value is -1.68. The van der Waals surface area contributed by atoms with Crippen molar-refractivity contribution in [1.82, 2.24) is 0 Å². The van der Waals surface area contributed by atoms with Gasteiger partial charge in [-0.1, -0.05) is 39.3 Å². The van der Waals surface area contributed by atoms with Crippen LogP contribution < -0.4 is 11.1 Å². The van der Waals surface area contributed by atoms with E-state index in [1.807, 2.05) is 24.3 Å². The normalized spacial score (nSPS) is 23.5. The topological polar surface area (TPSA) is 73.8 Å². The van der Waals surface area contributed by atoms with Crippen molar-refractivity contribution in [1.29, 1.82) is 0 Å². The molecule has 0 saturated heterocycles. The number of benzene rings is 1. The molecule has 1 aromatic carbocycles. The summed E-state index contributed by atoms with van der Waals surface area (Å²) in [6.45, 7) is 6.71. The Morgan fingerprint density at radius 1 is 1.20 bits per heavy atom. The van der Waals surface area contributed by atoms with Crippen molar-refractivity contribution in [3.63, 3.8) is 0 Å². The van der Waals surface area contributed by atoms with E-state index in [0.29, 0.717) is 24.2 Å². The van der Waals surface area contributed by atoms with Crippen LogP contribution in [0, 0.1) is 23.7 Å². The van der Waals surface area contributed by atoms with Crippen LogP contribution in [0.1, 0.15) is 58.4 Å². The molecule has 0 heterocycles. The van der Waals surface area contributed by atoms with E-state index in [-0.39, 0.29) is 17.7 Å². The number of carbonyl (C=O) groups excluding carboxylic acids is 2. The predicted molar refractivity (Wildman–Crippen MR) is 101 cm³/mol. The van der Waals surface area contributed by atoms with E-state index >= 15 is 0 Å². The summed E-state index contributed by atoms with van der Waals surface area (Å²) in [6, 6.07) is 8.00. The zero-order valence-corrected chi connectivity index (χ0v) is 15.9. The molecular formula is C21H33N2O2+. The maximum absolute atomic E-state index is 12.8. The molecule has 1 fully saturated rings. The fourth-order valence-electron chi connectivity index (χ4n) is 3.98. The van der Waals surface area contributed by atoms with E-state index in [0.717, 1.165) is 31.4 Å². The number of rotatable bonds is 7. The Kier molecular flexibility index (Phi) is 7.18. The molecule has 4 heteroatoms. The van der Waals surface area contributed by atoms with Crippen molar-refractivity contribution in [3.8, 4) is 0 Å². The minimum absolute atomic E-state index is 0.00898. The molecule has 138 valence electrons. The van der Waals surface area contributed by atoms with Crippen LogP contribution >= 0.6 is 0 Å². The van der Waals surface area contributed by atoms with Gasteiger partial charge in [-0.15, -0.1) is 0 Å². The van der Waals surface area contributed by atoms with Gasteiger partial charge in [0.25, 0.3) is 0 Å². The van der Waals surface area contributed by atoms with E-state index in [2.05, 4.69) is 31.8 Å². The lowest BCUT2D eigenvalue weighted by atomic mass is 9.70. The summed E-state index contributed by atoms with van der Waals surface area (Å²) in [4.78, 5) is 23.7. The minimum atomic E-state index is -0.00898. The Morgan fingerprint density at radius 2 is 1.88 bits per heavy atom. The van der Waals surface area contributed by atoms with Crippen molar-refractivity contribution in [2.75, 3.05) is 5.32 Å². The van der Waals surface area contributed by atoms with E-state index in [1.165, 1.54) is 12.0 Å². The van der Waals surface area contributed by atoms with Crippen molar-refractivity contribution < 1.29 is 15.3 Å². The minimum Gasteiger partial charge on any atom is -0.326 e. The number of quaternary nitrogens is 1. The zero-order valence-electron chi connectivity index (χ0n) is 15.9. The molecule has 4 N–H and O–H groups in total. The fraction of sp³-hybridized carbons (Fsp3) is 0.619. The van der Waals surface area contributed by atoms with Gasteiger partial charge >= 0.3 is 5.91 Å². The quantitative estimate of drug-likeness (QED) is 0.794. The van der Waals surface area contributed by atoms with Gasteiger partial charge < -0.3 is 5.32 Å². The third-order valence-corrected chi connectivity index (χ3v) is 5.50. The largest absolute Gasteiger partial charge is 0.326 e. The average Bonchev–Trinajstić information content (AvgIpc) is 2.55. The highest BCUT2D eigenvalue weighted by molar-refractivity contribution is 5.92. The highest BCUT2D eigenvalue weighted by Crippen LogP contribution is 2.38. The summed E-state index contributed by atoms with van der Waals surface area (Å²) >= 11 is 0. The lowest BCUT2D eigenvalue weighted by Crippen LogP contribution is -2.56. The van der Waals surface area contributed by atoms with Gasteiger partial charge in [-0.3, -0.25) is 10.5 Å². The molecule has 0 spiro atoms. The number of carbonyl (C=O) groups is 2. The number of hydrogen-bond donors (Lipinski definition) is 2. The summed E-state index contributed by atoms with van der Waals surface area (Å²) in [5, 5.41) is 3.12. The number of hydrogen-bond acceptors (Lipinski definition) is 2. The van der Waals surface area contributed by atoms with Crippen molar-refractivity contribution >= 4 is 17.5 Å². The van der Waals surface area contributed by atoms with Crippen LogP contribution in [0.5, 0.6) is 0 Å². The van der Waals surface area contributed by atoms with Crippen molar-refractivity contribution in [2.24, 2.45) is 23.7 Å². The first kappa shape index (κ1) is 19.6. The van der Waals surface area contributed by atoms with Crippen LogP contribution in [0.25, 0.3) is 0 Å². The molecule has 3 atom stereocenters. The summed E-state index contributed by atoms with van der Waals surface area (Å²) in [5.74, 6) is 1.93. The van der Waals surface area contributed by atoms with Crippen LogP contribution in [-0.4, -0.2) is 11.8 Å². The number of anilines is 1. The molecule has 2 rings (SSSR count). The van der Waals surface area contributed by atoms with Gasteiger partial charge in [0, 0.05) is 11.6 Å². The maximum Gasteiger partial charge on any atom is 0.308 e. The van der Waals surface area contributed by atoms with Gasteiger partial charge in [0.2, 0.25) is 5.91 Å². The van der Waals surface area contributed by atoms with Gasteiger partial charge in [-0.05, 0) is 61.1 Å².